The Hall–Kier alpha value is -2.28. The first kappa shape index (κ1) is 19.5. The normalized spacial score (nSPS) is 18.8. The van der Waals surface area contributed by atoms with Gasteiger partial charge in [-0.15, -0.1) is 0 Å². The van der Waals surface area contributed by atoms with Crippen molar-refractivity contribution in [1.82, 2.24) is 9.80 Å². The average molecular weight is 376 g/mol. The molecule has 2 aliphatic rings. The summed E-state index contributed by atoms with van der Waals surface area (Å²) >= 11 is 0. The minimum absolute atomic E-state index is 0.114. The monoisotopic (exact) mass is 376 g/mol. The Labute approximate surface area is 159 Å². The quantitative estimate of drug-likeness (QED) is 0.847. The fraction of sp³-hybridized carbons (Fsp3) is 0.600. The average Bonchev–Trinajstić information content (AvgIpc) is 2.67. The van der Waals surface area contributed by atoms with Gasteiger partial charge in [-0.2, -0.15) is 0 Å². The Bertz CT molecular complexity index is 670. The highest BCUT2D eigenvalue weighted by Crippen LogP contribution is 2.33. The SMILES string of the molecule is COc1cccc2c1OCCCN(CCC(=O)N1CCC(C(=O)O)CC1)C2. The van der Waals surface area contributed by atoms with Gasteiger partial charge in [-0.3, -0.25) is 14.5 Å². The van der Waals surface area contributed by atoms with Crippen molar-refractivity contribution in [2.45, 2.75) is 32.2 Å². The number of nitrogens with zero attached hydrogens (tertiary/aromatic N) is 2. The molecule has 0 saturated carbocycles. The Balaban J connectivity index is 1.54. The molecule has 3 rings (SSSR count). The van der Waals surface area contributed by atoms with E-state index in [-0.39, 0.29) is 11.8 Å². The Morgan fingerprint density at radius 3 is 2.74 bits per heavy atom. The van der Waals surface area contributed by atoms with Crippen molar-refractivity contribution < 1.29 is 24.2 Å². The van der Waals surface area contributed by atoms with E-state index in [9.17, 15) is 9.59 Å². The van der Waals surface area contributed by atoms with E-state index < -0.39 is 5.97 Å². The summed E-state index contributed by atoms with van der Waals surface area (Å²) in [5.74, 6) is 0.593. The van der Waals surface area contributed by atoms with Crippen LogP contribution in [-0.2, 0) is 16.1 Å². The third-order valence-electron chi connectivity index (χ3n) is 5.38. The standard InChI is InChI=1S/C20H28N2O5/c1-26-17-5-2-4-16-14-21(9-3-13-27-19(16)17)10-8-18(23)22-11-6-15(7-12-22)20(24)25/h2,4-5,15H,3,6-14H2,1H3,(H,24,25). The molecular formula is C20H28N2O5. The highest BCUT2D eigenvalue weighted by molar-refractivity contribution is 5.77. The Kier molecular flexibility index (Phi) is 6.55. The van der Waals surface area contributed by atoms with Crippen molar-refractivity contribution in [3.63, 3.8) is 0 Å². The van der Waals surface area contributed by atoms with Crippen molar-refractivity contribution in [2.75, 3.05) is 39.9 Å². The largest absolute Gasteiger partial charge is 0.493 e. The number of ether oxygens (including phenoxy) is 2. The molecule has 1 N–H and O–H groups in total. The summed E-state index contributed by atoms with van der Waals surface area (Å²) in [4.78, 5) is 27.7. The highest BCUT2D eigenvalue weighted by atomic mass is 16.5. The van der Waals surface area contributed by atoms with Gasteiger partial charge in [-0.25, -0.2) is 0 Å². The van der Waals surface area contributed by atoms with Gasteiger partial charge in [0.2, 0.25) is 5.91 Å². The zero-order valence-corrected chi connectivity index (χ0v) is 15.9. The van der Waals surface area contributed by atoms with Gasteiger partial charge in [0.05, 0.1) is 19.6 Å². The predicted molar refractivity (Wildman–Crippen MR) is 99.9 cm³/mol. The van der Waals surface area contributed by atoms with Crippen molar-refractivity contribution >= 4 is 11.9 Å². The second kappa shape index (κ2) is 9.08. The van der Waals surface area contributed by atoms with Gasteiger partial charge in [0, 0.05) is 44.7 Å². The Morgan fingerprint density at radius 2 is 2.04 bits per heavy atom. The zero-order chi connectivity index (χ0) is 19.2. The molecule has 0 radical (unpaired) electrons. The second-order valence-corrected chi connectivity index (χ2v) is 7.17. The molecule has 0 aliphatic carbocycles. The first-order chi connectivity index (χ1) is 13.1. The van der Waals surface area contributed by atoms with E-state index in [0.717, 1.165) is 36.6 Å². The topological polar surface area (TPSA) is 79.3 Å². The fourth-order valence-corrected chi connectivity index (χ4v) is 3.77. The van der Waals surface area contributed by atoms with Crippen LogP contribution >= 0.6 is 0 Å². The number of benzene rings is 1. The maximum atomic E-state index is 12.5. The van der Waals surface area contributed by atoms with Gasteiger partial charge in [0.15, 0.2) is 11.5 Å². The number of methoxy groups -OCH3 is 1. The second-order valence-electron chi connectivity index (χ2n) is 7.17. The fourth-order valence-electron chi connectivity index (χ4n) is 3.77. The van der Waals surface area contributed by atoms with Crippen molar-refractivity contribution in [1.29, 1.82) is 0 Å². The smallest absolute Gasteiger partial charge is 0.306 e. The molecule has 0 spiro atoms. The lowest BCUT2D eigenvalue weighted by Gasteiger charge is -2.31. The van der Waals surface area contributed by atoms with Crippen LogP contribution in [0.15, 0.2) is 18.2 Å². The molecule has 1 saturated heterocycles. The maximum Gasteiger partial charge on any atom is 0.306 e. The van der Waals surface area contributed by atoms with Crippen LogP contribution in [0.2, 0.25) is 0 Å². The summed E-state index contributed by atoms with van der Waals surface area (Å²) in [6, 6.07) is 5.89. The molecule has 0 atom stereocenters. The summed E-state index contributed by atoms with van der Waals surface area (Å²) in [6.07, 6.45) is 2.46. The molecule has 7 heteroatoms. The zero-order valence-electron chi connectivity index (χ0n) is 15.9. The van der Waals surface area contributed by atoms with Crippen LogP contribution in [0.4, 0.5) is 0 Å². The first-order valence-corrected chi connectivity index (χ1v) is 9.60. The number of carboxylic acid groups (broad SMARTS) is 1. The molecule has 1 aromatic carbocycles. The van der Waals surface area contributed by atoms with Crippen LogP contribution in [0, 0.1) is 5.92 Å². The lowest BCUT2D eigenvalue weighted by molar-refractivity contribution is -0.145. The number of hydrogen-bond donors (Lipinski definition) is 1. The minimum atomic E-state index is -0.751. The van der Waals surface area contributed by atoms with Crippen LogP contribution < -0.4 is 9.47 Å². The van der Waals surface area contributed by atoms with Crippen LogP contribution in [-0.4, -0.2) is 66.7 Å². The molecule has 2 aliphatic heterocycles. The van der Waals surface area contributed by atoms with Crippen LogP contribution in [0.1, 0.15) is 31.2 Å². The number of piperidine rings is 1. The maximum absolute atomic E-state index is 12.5. The third-order valence-corrected chi connectivity index (χ3v) is 5.38. The molecule has 148 valence electrons. The number of carbonyl (C=O) groups is 2. The number of carboxylic acids is 1. The summed E-state index contributed by atoms with van der Waals surface area (Å²) in [5, 5.41) is 9.07. The van der Waals surface area contributed by atoms with Gasteiger partial charge < -0.3 is 19.5 Å². The number of hydrogen-bond acceptors (Lipinski definition) is 5. The molecule has 2 heterocycles. The highest BCUT2D eigenvalue weighted by Gasteiger charge is 2.27. The first-order valence-electron chi connectivity index (χ1n) is 9.60. The van der Waals surface area contributed by atoms with E-state index in [2.05, 4.69) is 4.90 Å². The van der Waals surface area contributed by atoms with Crippen LogP contribution in [0.25, 0.3) is 0 Å². The lowest BCUT2D eigenvalue weighted by Crippen LogP contribution is -2.41. The molecule has 0 aromatic heterocycles. The summed E-state index contributed by atoms with van der Waals surface area (Å²) in [5.41, 5.74) is 1.07. The Morgan fingerprint density at radius 1 is 1.26 bits per heavy atom. The molecule has 1 amide bonds. The molecular weight excluding hydrogens is 348 g/mol. The molecule has 1 aromatic rings. The van der Waals surface area contributed by atoms with Gasteiger partial charge in [-0.05, 0) is 25.3 Å². The van der Waals surface area contributed by atoms with E-state index in [0.29, 0.717) is 45.5 Å². The van der Waals surface area contributed by atoms with Crippen LogP contribution in [0.5, 0.6) is 11.5 Å². The summed E-state index contributed by atoms with van der Waals surface area (Å²) in [7, 11) is 1.64. The van der Waals surface area contributed by atoms with Crippen LogP contribution in [0.3, 0.4) is 0 Å². The van der Waals surface area contributed by atoms with E-state index in [1.807, 2.05) is 23.1 Å². The van der Waals surface area contributed by atoms with Crippen molar-refractivity contribution in [3.8, 4) is 11.5 Å². The van der Waals surface area contributed by atoms with E-state index in [1.54, 1.807) is 7.11 Å². The number of aliphatic carboxylic acids is 1. The van der Waals surface area contributed by atoms with Gasteiger partial charge in [0.25, 0.3) is 0 Å². The van der Waals surface area contributed by atoms with Gasteiger partial charge in [-0.1, -0.05) is 12.1 Å². The molecule has 7 nitrogen and oxygen atoms in total. The molecule has 27 heavy (non-hydrogen) atoms. The molecule has 1 fully saturated rings. The summed E-state index contributed by atoms with van der Waals surface area (Å²) in [6.45, 7) is 4.01. The number of carbonyl (C=O) groups excluding carboxylic acids is 1. The van der Waals surface area contributed by atoms with Crippen molar-refractivity contribution in [3.05, 3.63) is 23.8 Å². The van der Waals surface area contributed by atoms with E-state index >= 15 is 0 Å². The lowest BCUT2D eigenvalue weighted by atomic mass is 9.97. The number of likely N-dealkylation sites (tertiary alicyclic amines) is 1. The van der Waals surface area contributed by atoms with Gasteiger partial charge in [0.1, 0.15) is 0 Å². The third kappa shape index (κ3) is 4.91. The number of amides is 1. The summed E-state index contributed by atoms with van der Waals surface area (Å²) < 4.78 is 11.3. The molecule has 0 unspecified atom stereocenters. The van der Waals surface area contributed by atoms with Crippen molar-refractivity contribution in [2.24, 2.45) is 5.92 Å². The predicted octanol–water partition coefficient (Wildman–Crippen LogP) is 1.99. The number of para-hydroxylation sites is 1. The van der Waals surface area contributed by atoms with E-state index in [1.165, 1.54) is 0 Å². The van der Waals surface area contributed by atoms with E-state index in [4.69, 9.17) is 14.6 Å². The van der Waals surface area contributed by atoms with Gasteiger partial charge >= 0.3 is 5.97 Å². The molecule has 0 bridgehead atoms. The number of rotatable bonds is 5. The minimum Gasteiger partial charge on any atom is -0.493 e. The number of fused-ring (bicyclic) bond motifs is 1.